The molecule has 3 aromatic carbocycles. The predicted octanol–water partition coefficient (Wildman–Crippen LogP) is 4.63. The van der Waals surface area contributed by atoms with Gasteiger partial charge in [-0.1, -0.05) is 30.3 Å². The fourth-order valence-electron chi connectivity index (χ4n) is 2.93. The molecule has 0 saturated heterocycles. The summed E-state index contributed by atoms with van der Waals surface area (Å²) in [4.78, 5) is 20.0. The number of rotatable bonds is 4. The van der Waals surface area contributed by atoms with Gasteiger partial charge in [0.1, 0.15) is 22.6 Å². The van der Waals surface area contributed by atoms with E-state index >= 15 is 0 Å². The van der Waals surface area contributed by atoms with Crippen molar-refractivity contribution in [3.8, 4) is 16.9 Å². The van der Waals surface area contributed by atoms with Crippen LogP contribution in [0.5, 0.6) is 5.75 Å². The first-order chi connectivity index (χ1) is 13.2. The van der Waals surface area contributed by atoms with Gasteiger partial charge in [0.05, 0.1) is 7.11 Å². The Kier molecular flexibility index (Phi) is 4.30. The molecule has 0 fully saturated rings. The third kappa shape index (κ3) is 3.25. The Labute approximate surface area is 154 Å². The maximum atomic E-state index is 13.0. The van der Waals surface area contributed by atoms with Crippen molar-refractivity contribution in [2.45, 2.75) is 0 Å². The molecule has 134 valence electrons. The van der Waals surface area contributed by atoms with Crippen LogP contribution in [0.25, 0.3) is 22.2 Å². The molecule has 6 heteroatoms. The summed E-state index contributed by atoms with van der Waals surface area (Å²) in [5.74, 6) is 0.141. The van der Waals surface area contributed by atoms with E-state index in [0.717, 1.165) is 11.1 Å². The number of H-pyrrole nitrogens is 1. The minimum atomic E-state index is -0.396. The molecular weight excluding hydrogens is 345 g/mol. The SMILES string of the molecule is COc1ccc(-c2ccccc2)c2nc(NC(=O)c3ccc(F)cc3)[nH]c12. The van der Waals surface area contributed by atoms with Gasteiger partial charge in [-0.05, 0) is 42.0 Å². The van der Waals surface area contributed by atoms with E-state index < -0.39 is 5.82 Å². The van der Waals surface area contributed by atoms with Gasteiger partial charge in [0.15, 0.2) is 0 Å². The van der Waals surface area contributed by atoms with Gasteiger partial charge >= 0.3 is 0 Å². The molecule has 0 radical (unpaired) electrons. The van der Waals surface area contributed by atoms with Gasteiger partial charge in [0.25, 0.3) is 5.91 Å². The second-order valence-corrected chi connectivity index (χ2v) is 5.95. The van der Waals surface area contributed by atoms with Gasteiger partial charge in [-0.2, -0.15) is 0 Å². The van der Waals surface area contributed by atoms with E-state index in [-0.39, 0.29) is 5.91 Å². The highest BCUT2D eigenvalue weighted by atomic mass is 19.1. The largest absolute Gasteiger partial charge is 0.494 e. The molecule has 0 aliphatic heterocycles. The lowest BCUT2D eigenvalue weighted by Crippen LogP contribution is -2.12. The maximum Gasteiger partial charge on any atom is 0.257 e. The summed E-state index contributed by atoms with van der Waals surface area (Å²) < 4.78 is 18.5. The standard InChI is InChI=1S/C21H16FN3O2/c1-27-17-12-11-16(13-5-3-2-4-6-13)18-19(17)24-21(23-18)25-20(26)14-7-9-15(22)10-8-14/h2-12H,1H3,(H2,23,24,25,26). The van der Waals surface area contributed by atoms with Crippen molar-refractivity contribution in [1.29, 1.82) is 0 Å². The van der Waals surface area contributed by atoms with Crippen molar-refractivity contribution in [2.24, 2.45) is 0 Å². The van der Waals surface area contributed by atoms with Crippen LogP contribution in [0.1, 0.15) is 10.4 Å². The van der Waals surface area contributed by atoms with Crippen LogP contribution in [0.4, 0.5) is 10.3 Å². The Morgan fingerprint density at radius 1 is 1.04 bits per heavy atom. The summed E-state index contributed by atoms with van der Waals surface area (Å²) in [6.07, 6.45) is 0. The molecule has 4 aromatic rings. The van der Waals surface area contributed by atoms with Gasteiger partial charge in [-0.3, -0.25) is 10.1 Å². The van der Waals surface area contributed by atoms with Gasteiger partial charge in [-0.25, -0.2) is 9.37 Å². The number of ether oxygens (including phenoxy) is 1. The van der Waals surface area contributed by atoms with Gasteiger partial charge in [0, 0.05) is 11.1 Å². The normalized spacial score (nSPS) is 10.7. The van der Waals surface area contributed by atoms with Crippen molar-refractivity contribution in [3.05, 3.63) is 78.1 Å². The zero-order valence-electron chi connectivity index (χ0n) is 14.5. The lowest BCUT2D eigenvalue weighted by Gasteiger charge is -2.05. The van der Waals surface area contributed by atoms with Crippen LogP contribution in [0.3, 0.4) is 0 Å². The number of hydrogen-bond acceptors (Lipinski definition) is 3. The number of nitrogens with one attached hydrogen (secondary N) is 2. The van der Waals surface area contributed by atoms with Crippen LogP contribution in [-0.2, 0) is 0 Å². The van der Waals surface area contributed by atoms with Crippen LogP contribution in [0.15, 0.2) is 66.7 Å². The molecule has 0 atom stereocenters. The Morgan fingerprint density at radius 2 is 1.78 bits per heavy atom. The van der Waals surface area contributed by atoms with E-state index in [9.17, 15) is 9.18 Å². The number of halogens is 1. The van der Waals surface area contributed by atoms with Crippen molar-refractivity contribution in [2.75, 3.05) is 12.4 Å². The zero-order chi connectivity index (χ0) is 18.8. The minimum Gasteiger partial charge on any atom is -0.494 e. The second kappa shape index (κ2) is 6.92. The number of carbonyl (C=O) groups is 1. The van der Waals surface area contributed by atoms with E-state index in [0.29, 0.717) is 28.3 Å². The number of nitrogens with zero attached hydrogens (tertiary/aromatic N) is 1. The molecule has 0 unspecified atom stereocenters. The first-order valence-corrected chi connectivity index (χ1v) is 8.35. The number of amides is 1. The van der Waals surface area contributed by atoms with Crippen LogP contribution in [-0.4, -0.2) is 23.0 Å². The Morgan fingerprint density at radius 3 is 2.48 bits per heavy atom. The van der Waals surface area contributed by atoms with E-state index in [1.54, 1.807) is 7.11 Å². The van der Waals surface area contributed by atoms with Crippen LogP contribution in [0, 0.1) is 5.82 Å². The van der Waals surface area contributed by atoms with Crippen molar-refractivity contribution < 1.29 is 13.9 Å². The highest BCUT2D eigenvalue weighted by Crippen LogP contribution is 2.33. The number of aromatic nitrogens is 2. The highest BCUT2D eigenvalue weighted by molar-refractivity contribution is 6.05. The average molecular weight is 361 g/mol. The van der Waals surface area contributed by atoms with Crippen LogP contribution in [0.2, 0.25) is 0 Å². The van der Waals surface area contributed by atoms with Crippen molar-refractivity contribution in [3.63, 3.8) is 0 Å². The summed E-state index contributed by atoms with van der Waals surface area (Å²) >= 11 is 0. The van der Waals surface area contributed by atoms with Crippen molar-refractivity contribution >= 4 is 22.9 Å². The number of hydrogen-bond donors (Lipinski definition) is 2. The highest BCUT2D eigenvalue weighted by Gasteiger charge is 2.15. The predicted molar refractivity (Wildman–Crippen MR) is 102 cm³/mol. The Bertz CT molecular complexity index is 1110. The van der Waals surface area contributed by atoms with Gasteiger partial charge < -0.3 is 9.72 Å². The number of carbonyl (C=O) groups excluding carboxylic acids is 1. The van der Waals surface area contributed by atoms with E-state index in [2.05, 4.69) is 15.3 Å². The number of anilines is 1. The fourth-order valence-corrected chi connectivity index (χ4v) is 2.93. The number of aromatic amines is 1. The molecule has 2 N–H and O–H groups in total. The Hall–Kier alpha value is -3.67. The molecule has 1 amide bonds. The molecule has 1 heterocycles. The maximum absolute atomic E-state index is 13.0. The molecule has 0 aliphatic rings. The molecule has 1 aromatic heterocycles. The summed E-state index contributed by atoms with van der Waals surface area (Å²) in [6, 6.07) is 18.9. The molecule has 5 nitrogen and oxygen atoms in total. The van der Waals surface area contributed by atoms with E-state index in [1.807, 2.05) is 42.5 Å². The second-order valence-electron chi connectivity index (χ2n) is 5.95. The summed E-state index contributed by atoms with van der Waals surface area (Å²) in [7, 11) is 1.58. The average Bonchev–Trinajstić information content (AvgIpc) is 3.11. The molecule has 0 aliphatic carbocycles. The van der Waals surface area contributed by atoms with E-state index in [1.165, 1.54) is 24.3 Å². The molecule has 0 spiro atoms. The third-order valence-corrected chi connectivity index (χ3v) is 4.25. The first kappa shape index (κ1) is 16.8. The number of imidazole rings is 1. The first-order valence-electron chi connectivity index (χ1n) is 8.35. The number of methoxy groups -OCH3 is 1. The quantitative estimate of drug-likeness (QED) is 0.557. The summed E-state index contributed by atoms with van der Waals surface area (Å²) in [6.45, 7) is 0. The van der Waals surface area contributed by atoms with Crippen LogP contribution < -0.4 is 10.1 Å². The fraction of sp³-hybridized carbons (Fsp3) is 0.0476. The van der Waals surface area contributed by atoms with Crippen molar-refractivity contribution in [1.82, 2.24) is 9.97 Å². The molecular formula is C21H16FN3O2. The number of benzene rings is 3. The lowest BCUT2D eigenvalue weighted by molar-refractivity contribution is 0.102. The monoisotopic (exact) mass is 361 g/mol. The summed E-state index contributed by atoms with van der Waals surface area (Å²) in [5, 5.41) is 2.71. The van der Waals surface area contributed by atoms with Gasteiger partial charge in [0.2, 0.25) is 5.95 Å². The molecule has 4 rings (SSSR count). The number of fused-ring (bicyclic) bond motifs is 1. The lowest BCUT2D eigenvalue weighted by atomic mass is 10.0. The Balaban J connectivity index is 1.74. The third-order valence-electron chi connectivity index (χ3n) is 4.25. The van der Waals surface area contributed by atoms with Gasteiger partial charge in [-0.15, -0.1) is 0 Å². The molecule has 0 bridgehead atoms. The molecule has 0 saturated carbocycles. The topological polar surface area (TPSA) is 67.0 Å². The molecule has 27 heavy (non-hydrogen) atoms. The van der Waals surface area contributed by atoms with Crippen LogP contribution >= 0.6 is 0 Å². The minimum absolute atomic E-state index is 0.293. The van der Waals surface area contributed by atoms with E-state index in [4.69, 9.17) is 4.74 Å². The summed E-state index contributed by atoms with van der Waals surface area (Å²) in [5.41, 5.74) is 3.65. The zero-order valence-corrected chi connectivity index (χ0v) is 14.5. The smallest absolute Gasteiger partial charge is 0.257 e.